The highest BCUT2D eigenvalue weighted by atomic mass is 32.2. The van der Waals surface area contributed by atoms with E-state index in [9.17, 15) is 22.8 Å². The molecule has 0 aliphatic carbocycles. The van der Waals surface area contributed by atoms with Crippen LogP contribution in [0.15, 0.2) is 52.2 Å². The third-order valence-electron chi connectivity index (χ3n) is 4.85. The SMILES string of the molecule is CSc1cc2c(cc1NC(=O)c1nn(-c3cccc(C(F)(F)F)c3)c(C)cc1=O)OCCO2. The fraction of sp³-hybridized carbons (Fsp3) is 0.227. The highest BCUT2D eigenvalue weighted by Gasteiger charge is 2.30. The number of amides is 1. The van der Waals surface area contributed by atoms with Crippen molar-refractivity contribution in [1.82, 2.24) is 9.78 Å². The number of carbonyl (C=O) groups is 1. The van der Waals surface area contributed by atoms with Crippen molar-refractivity contribution in [3.05, 3.63) is 69.6 Å². The van der Waals surface area contributed by atoms with Crippen LogP contribution in [0, 0.1) is 6.92 Å². The van der Waals surface area contributed by atoms with E-state index in [2.05, 4.69) is 10.4 Å². The van der Waals surface area contributed by atoms with Gasteiger partial charge in [-0.3, -0.25) is 9.59 Å². The smallest absolute Gasteiger partial charge is 0.416 e. The highest BCUT2D eigenvalue weighted by Crippen LogP contribution is 2.39. The number of alkyl halides is 3. The molecule has 4 rings (SSSR count). The summed E-state index contributed by atoms with van der Waals surface area (Å²) in [5.41, 5.74) is -1.24. The summed E-state index contributed by atoms with van der Waals surface area (Å²) in [7, 11) is 0. The van der Waals surface area contributed by atoms with E-state index in [1.54, 1.807) is 12.1 Å². The van der Waals surface area contributed by atoms with E-state index >= 15 is 0 Å². The number of nitrogens with zero attached hydrogens (tertiary/aromatic N) is 2. The summed E-state index contributed by atoms with van der Waals surface area (Å²) in [4.78, 5) is 26.1. The van der Waals surface area contributed by atoms with Gasteiger partial charge in [-0.1, -0.05) is 6.07 Å². The molecular formula is C22H18F3N3O4S. The average Bonchev–Trinajstić information content (AvgIpc) is 2.78. The Balaban J connectivity index is 1.71. The second-order valence-electron chi connectivity index (χ2n) is 7.11. The van der Waals surface area contributed by atoms with Crippen LogP contribution in [0.25, 0.3) is 5.69 Å². The predicted molar refractivity (Wildman–Crippen MR) is 117 cm³/mol. The van der Waals surface area contributed by atoms with Crippen LogP contribution >= 0.6 is 11.8 Å². The van der Waals surface area contributed by atoms with Gasteiger partial charge in [0.1, 0.15) is 13.2 Å². The van der Waals surface area contributed by atoms with Gasteiger partial charge in [-0.15, -0.1) is 11.8 Å². The first-order valence-corrected chi connectivity index (χ1v) is 11.0. The number of aryl methyl sites for hydroxylation is 1. The summed E-state index contributed by atoms with van der Waals surface area (Å²) in [5.74, 6) is 0.198. The zero-order chi connectivity index (χ0) is 23.8. The largest absolute Gasteiger partial charge is 0.486 e. The van der Waals surface area contributed by atoms with Crippen LogP contribution in [0.1, 0.15) is 21.7 Å². The molecule has 0 saturated carbocycles. The second-order valence-corrected chi connectivity index (χ2v) is 7.96. The Kier molecular flexibility index (Phi) is 6.07. The standard InChI is InChI=1S/C22H18F3N3O4S/c1-12-8-16(29)20(27-28(12)14-5-3-4-13(9-14)22(23,24)25)21(30)26-15-10-17-18(11-19(15)33-2)32-7-6-31-17/h3-5,8-11H,6-7H2,1-2H3,(H,26,30). The van der Waals surface area contributed by atoms with Gasteiger partial charge in [0.15, 0.2) is 17.2 Å². The number of nitrogens with one attached hydrogen (secondary N) is 1. The number of carbonyl (C=O) groups excluding carboxylic acids is 1. The number of halogens is 3. The molecule has 0 fully saturated rings. The van der Waals surface area contributed by atoms with E-state index in [0.717, 1.165) is 22.9 Å². The zero-order valence-corrected chi connectivity index (χ0v) is 18.3. The van der Waals surface area contributed by atoms with Crippen molar-refractivity contribution in [3.8, 4) is 17.2 Å². The minimum Gasteiger partial charge on any atom is -0.486 e. The summed E-state index contributed by atoms with van der Waals surface area (Å²) >= 11 is 1.36. The highest BCUT2D eigenvalue weighted by molar-refractivity contribution is 7.98. The predicted octanol–water partition coefficient (Wildman–Crippen LogP) is 4.31. The Hall–Kier alpha value is -3.47. The Bertz CT molecular complexity index is 1290. The summed E-state index contributed by atoms with van der Waals surface area (Å²) in [6, 6.07) is 8.95. The van der Waals surface area contributed by atoms with Crippen LogP contribution < -0.4 is 20.2 Å². The molecule has 1 aliphatic rings. The van der Waals surface area contributed by atoms with Gasteiger partial charge >= 0.3 is 6.18 Å². The summed E-state index contributed by atoms with van der Waals surface area (Å²) in [6.07, 6.45) is -2.73. The molecule has 1 amide bonds. The number of hydrogen-bond donors (Lipinski definition) is 1. The molecular weight excluding hydrogens is 459 g/mol. The monoisotopic (exact) mass is 477 g/mol. The number of thioether (sulfide) groups is 1. The van der Waals surface area contributed by atoms with Crippen LogP contribution in [0.5, 0.6) is 11.5 Å². The fourth-order valence-electron chi connectivity index (χ4n) is 3.30. The maximum atomic E-state index is 13.1. The van der Waals surface area contributed by atoms with E-state index in [0.29, 0.717) is 35.3 Å². The van der Waals surface area contributed by atoms with Crippen molar-refractivity contribution in [2.24, 2.45) is 0 Å². The van der Waals surface area contributed by atoms with Gasteiger partial charge in [-0.2, -0.15) is 18.3 Å². The van der Waals surface area contributed by atoms with Crippen molar-refractivity contribution in [2.75, 3.05) is 24.8 Å². The molecule has 1 aliphatic heterocycles. The minimum atomic E-state index is -4.55. The lowest BCUT2D eigenvalue weighted by molar-refractivity contribution is -0.137. The molecule has 0 radical (unpaired) electrons. The molecule has 0 atom stereocenters. The lowest BCUT2D eigenvalue weighted by Gasteiger charge is -2.21. The second kappa shape index (κ2) is 8.81. The summed E-state index contributed by atoms with van der Waals surface area (Å²) in [6.45, 7) is 2.29. The number of fused-ring (bicyclic) bond motifs is 1. The third-order valence-corrected chi connectivity index (χ3v) is 5.63. The van der Waals surface area contributed by atoms with Crippen LogP contribution in [0.4, 0.5) is 18.9 Å². The van der Waals surface area contributed by atoms with Gasteiger partial charge in [0.25, 0.3) is 5.91 Å². The van der Waals surface area contributed by atoms with Gasteiger partial charge in [0.05, 0.1) is 16.9 Å². The van der Waals surface area contributed by atoms with Gasteiger partial charge in [-0.25, -0.2) is 4.68 Å². The van der Waals surface area contributed by atoms with Crippen LogP contribution in [-0.4, -0.2) is 35.2 Å². The third kappa shape index (κ3) is 4.68. The van der Waals surface area contributed by atoms with Crippen LogP contribution in [-0.2, 0) is 6.18 Å². The van der Waals surface area contributed by atoms with E-state index < -0.39 is 28.8 Å². The normalized spacial score (nSPS) is 13.0. The minimum absolute atomic E-state index is 0.0699. The summed E-state index contributed by atoms with van der Waals surface area (Å²) in [5, 5.41) is 6.72. The van der Waals surface area contributed by atoms with Crippen molar-refractivity contribution in [1.29, 1.82) is 0 Å². The van der Waals surface area contributed by atoms with Crippen molar-refractivity contribution in [2.45, 2.75) is 18.0 Å². The molecule has 2 heterocycles. The molecule has 0 spiro atoms. The topological polar surface area (TPSA) is 82.5 Å². The van der Waals surface area contributed by atoms with E-state index in [1.807, 2.05) is 6.26 Å². The van der Waals surface area contributed by atoms with Crippen molar-refractivity contribution in [3.63, 3.8) is 0 Å². The number of ether oxygens (including phenoxy) is 2. The molecule has 0 bridgehead atoms. The van der Waals surface area contributed by atoms with Gasteiger partial charge in [-0.05, 0) is 37.4 Å². The Labute approximate surface area is 190 Å². The van der Waals surface area contributed by atoms with Crippen LogP contribution in [0.3, 0.4) is 0 Å². The maximum absolute atomic E-state index is 13.1. The number of hydrogen-bond acceptors (Lipinski definition) is 6. The Morgan fingerprint density at radius 2 is 1.82 bits per heavy atom. The summed E-state index contributed by atoms with van der Waals surface area (Å²) < 4.78 is 51.6. The lowest BCUT2D eigenvalue weighted by atomic mass is 10.2. The molecule has 3 aromatic rings. The van der Waals surface area contributed by atoms with E-state index in [-0.39, 0.29) is 11.4 Å². The van der Waals surface area contributed by atoms with Crippen molar-refractivity contribution < 1.29 is 27.4 Å². The lowest BCUT2D eigenvalue weighted by Crippen LogP contribution is -2.27. The van der Waals surface area contributed by atoms with Crippen molar-refractivity contribution >= 4 is 23.4 Å². The number of anilines is 1. The van der Waals surface area contributed by atoms with Gasteiger partial charge in [0, 0.05) is 22.7 Å². The molecule has 7 nitrogen and oxygen atoms in total. The number of aromatic nitrogens is 2. The molecule has 1 N–H and O–H groups in total. The van der Waals surface area contributed by atoms with Crippen LogP contribution in [0.2, 0.25) is 0 Å². The Morgan fingerprint density at radius 1 is 1.12 bits per heavy atom. The maximum Gasteiger partial charge on any atom is 0.416 e. The number of benzene rings is 2. The average molecular weight is 477 g/mol. The first-order valence-electron chi connectivity index (χ1n) is 9.75. The molecule has 172 valence electrons. The van der Waals surface area contributed by atoms with Gasteiger partial charge < -0.3 is 14.8 Å². The number of rotatable bonds is 4. The van der Waals surface area contributed by atoms with E-state index in [1.165, 1.54) is 30.8 Å². The molecule has 33 heavy (non-hydrogen) atoms. The quantitative estimate of drug-likeness (QED) is 0.564. The molecule has 2 aromatic carbocycles. The zero-order valence-electron chi connectivity index (χ0n) is 17.5. The first kappa shape index (κ1) is 22.7. The van der Waals surface area contributed by atoms with E-state index in [4.69, 9.17) is 9.47 Å². The molecule has 0 saturated heterocycles. The van der Waals surface area contributed by atoms with Gasteiger partial charge in [0.2, 0.25) is 5.43 Å². The molecule has 0 unspecified atom stereocenters. The molecule has 11 heteroatoms. The molecule has 1 aromatic heterocycles. The Morgan fingerprint density at radius 3 is 2.48 bits per heavy atom. The fourth-order valence-corrected chi connectivity index (χ4v) is 3.85. The first-order chi connectivity index (χ1) is 15.7.